The van der Waals surface area contributed by atoms with Crippen LogP contribution in [0.5, 0.6) is 11.5 Å². The van der Waals surface area contributed by atoms with Crippen LogP contribution in [0, 0.1) is 0 Å². The molecule has 2 rings (SSSR count). The van der Waals surface area contributed by atoms with Crippen LogP contribution in [0.2, 0.25) is 0 Å². The molecule has 0 bridgehead atoms. The van der Waals surface area contributed by atoms with Gasteiger partial charge in [-0.05, 0) is 30.5 Å². The monoisotopic (exact) mass is 334 g/mol. The third kappa shape index (κ3) is 4.23. The Balaban J connectivity index is 2.02. The van der Waals surface area contributed by atoms with Crippen LogP contribution in [0.25, 0.3) is 0 Å². The molecule has 0 saturated carbocycles. The molecule has 0 spiro atoms. The van der Waals surface area contributed by atoms with Crippen molar-refractivity contribution in [3.05, 3.63) is 40.6 Å². The van der Waals surface area contributed by atoms with Crippen molar-refractivity contribution < 1.29 is 19.1 Å². The first-order valence-electron chi connectivity index (χ1n) is 6.92. The summed E-state index contributed by atoms with van der Waals surface area (Å²) in [6.45, 7) is 1.62. The van der Waals surface area contributed by atoms with Gasteiger partial charge in [0.05, 0.1) is 24.8 Å². The molecule has 0 saturated heterocycles. The maximum absolute atomic E-state index is 12.2. The number of anilines is 1. The molecule has 2 aromatic rings. The Morgan fingerprint density at radius 3 is 2.57 bits per heavy atom. The lowest BCUT2D eigenvalue weighted by Crippen LogP contribution is -2.41. The molecule has 0 radical (unpaired) electrons. The number of carbonyl (C=O) groups excluding carboxylic acids is 2. The zero-order valence-corrected chi connectivity index (χ0v) is 13.9. The van der Waals surface area contributed by atoms with E-state index in [0.29, 0.717) is 22.1 Å². The number of thiophene rings is 1. The first kappa shape index (κ1) is 16.8. The number of carbonyl (C=O) groups is 2. The molecule has 0 aliphatic rings. The summed E-state index contributed by atoms with van der Waals surface area (Å²) in [6.07, 6.45) is 0. The maximum Gasteiger partial charge on any atom is 0.261 e. The quantitative estimate of drug-likeness (QED) is 0.851. The molecular formula is C16H18N2O4S. The molecule has 1 unspecified atom stereocenters. The van der Waals surface area contributed by atoms with E-state index in [0.717, 1.165) is 0 Å². The Labute approximate surface area is 138 Å². The second-order valence-corrected chi connectivity index (χ2v) is 5.68. The van der Waals surface area contributed by atoms with Crippen molar-refractivity contribution in [2.75, 3.05) is 19.5 Å². The highest BCUT2D eigenvalue weighted by atomic mass is 32.1. The van der Waals surface area contributed by atoms with Gasteiger partial charge in [0.25, 0.3) is 5.91 Å². The van der Waals surface area contributed by atoms with Gasteiger partial charge in [0, 0.05) is 6.07 Å². The van der Waals surface area contributed by atoms with Crippen molar-refractivity contribution in [1.82, 2.24) is 5.32 Å². The van der Waals surface area contributed by atoms with E-state index in [1.165, 1.54) is 18.4 Å². The Kier molecular flexibility index (Phi) is 5.59. The van der Waals surface area contributed by atoms with E-state index in [4.69, 9.17) is 9.47 Å². The van der Waals surface area contributed by atoms with E-state index in [2.05, 4.69) is 10.6 Å². The maximum atomic E-state index is 12.2. The number of rotatable bonds is 6. The van der Waals surface area contributed by atoms with Gasteiger partial charge in [-0.3, -0.25) is 9.59 Å². The van der Waals surface area contributed by atoms with E-state index in [1.54, 1.807) is 44.4 Å². The standard InChI is InChI=1S/C16H18N2O4S/c1-10(17-16(20)14-5-4-8-23-14)15(19)18-12-7-6-11(21-2)9-13(12)22-3/h4-10H,1-3H3,(H,17,20)(H,18,19). The van der Waals surface area contributed by atoms with Crippen LogP contribution in [0.4, 0.5) is 5.69 Å². The number of ether oxygens (including phenoxy) is 2. The molecule has 1 atom stereocenters. The number of benzene rings is 1. The molecule has 122 valence electrons. The van der Waals surface area contributed by atoms with E-state index in [9.17, 15) is 9.59 Å². The van der Waals surface area contributed by atoms with Crippen molar-refractivity contribution >= 4 is 28.8 Å². The molecule has 2 N–H and O–H groups in total. The van der Waals surface area contributed by atoms with Gasteiger partial charge in [-0.1, -0.05) is 6.07 Å². The SMILES string of the molecule is COc1ccc(NC(=O)C(C)NC(=O)c2cccs2)c(OC)c1. The number of hydrogen-bond acceptors (Lipinski definition) is 5. The third-order valence-electron chi connectivity index (χ3n) is 3.15. The van der Waals surface area contributed by atoms with Gasteiger partial charge in [-0.2, -0.15) is 0 Å². The summed E-state index contributed by atoms with van der Waals surface area (Å²) in [5.74, 6) is 0.496. The summed E-state index contributed by atoms with van der Waals surface area (Å²) in [5.41, 5.74) is 0.510. The van der Waals surface area contributed by atoms with E-state index >= 15 is 0 Å². The van der Waals surface area contributed by atoms with E-state index in [1.807, 2.05) is 5.38 Å². The average Bonchev–Trinajstić information content (AvgIpc) is 3.09. The lowest BCUT2D eigenvalue weighted by atomic mass is 10.2. The Hall–Kier alpha value is -2.54. The average molecular weight is 334 g/mol. The predicted molar refractivity (Wildman–Crippen MR) is 89.4 cm³/mol. The highest BCUT2D eigenvalue weighted by Crippen LogP contribution is 2.29. The Morgan fingerprint density at radius 2 is 1.96 bits per heavy atom. The zero-order valence-electron chi connectivity index (χ0n) is 13.1. The van der Waals surface area contributed by atoms with Crippen LogP contribution in [0.3, 0.4) is 0 Å². The zero-order chi connectivity index (χ0) is 16.8. The molecule has 7 heteroatoms. The number of nitrogens with one attached hydrogen (secondary N) is 2. The fraction of sp³-hybridized carbons (Fsp3) is 0.250. The van der Waals surface area contributed by atoms with E-state index < -0.39 is 6.04 Å². The highest BCUT2D eigenvalue weighted by molar-refractivity contribution is 7.12. The summed E-state index contributed by atoms with van der Waals surface area (Å²) in [7, 11) is 3.06. The number of methoxy groups -OCH3 is 2. The summed E-state index contributed by atoms with van der Waals surface area (Å²) in [6, 6.07) is 7.88. The molecular weight excluding hydrogens is 316 g/mol. The molecule has 1 aromatic heterocycles. The smallest absolute Gasteiger partial charge is 0.261 e. The van der Waals surface area contributed by atoms with Crippen molar-refractivity contribution in [3.63, 3.8) is 0 Å². The first-order chi connectivity index (χ1) is 11.0. The Bertz CT molecular complexity index is 685. The third-order valence-corrected chi connectivity index (χ3v) is 4.02. The minimum Gasteiger partial charge on any atom is -0.497 e. The topological polar surface area (TPSA) is 76.7 Å². The molecule has 2 amide bonds. The molecule has 1 heterocycles. The second-order valence-electron chi connectivity index (χ2n) is 4.73. The summed E-state index contributed by atoms with van der Waals surface area (Å²) in [4.78, 5) is 24.8. The number of amides is 2. The molecule has 23 heavy (non-hydrogen) atoms. The minimum atomic E-state index is -0.684. The molecule has 1 aromatic carbocycles. The summed E-state index contributed by atoms with van der Waals surface area (Å²) in [5, 5.41) is 7.20. The minimum absolute atomic E-state index is 0.274. The van der Waals surface area contributed by atoms with Crippen molar-refractivity contribution in [1.29, 1.82) is 0 Å². The molecule has 0 aliphatic heterocycles. The van der Waals surface area contributed by atoms with E-state index in [-0.39, 0.29) is 11.8 Å². The Morgan fingerprint density at radius 1 is 1.17 bits per heavy atom. The summed E-state index contributed by atoms with van der Waals surface area (Å²) < 4.78 is 10.3. The van der Waals surface area contributed by atoms with Crippen molar-refractivity contribution in [2.45, 2.75) is 13.0 Å². The van der Waals surface area contributed by atoms with Gasteiger partial charge in [0.2, 0.25) is 5.91 Å². The van der Waals surface area contributed by atoms with Gasteiger partial charge < -0.3 is 20.1 Å². The van der Waals surface area contributed by atoms with Crippen molar-refractivity contribution in [2.24, 2.45) is 0 Å². The predicted octanol–water partition coefficient (Wildman–Crippen LogP) is 2.52. The van der Waals surface area contributed by atoms with Gasteiger partial charge >= 0.3 is 0 Å². The summed E-state index contributed by atoms with van der Waals surface area (Å²) >= 11 is 1.32. The molecule has 0 fully saturated rings. The fourth-order valence-electron chi connectivity index (χ4n) is 1.88. The van der Waals surface area contributed by atoms with Crippen LogP contribution >= 0.6 is 11.3 Å². The van der Waals surface area contributed by atoms with Crippen molar-refractivity contribution in [3.8, 4) is 11.5 Å². The van der Waals surface area contributed by atoms with Gasteiger partial charge in [-0.25, -0.2) is 0 Å². The normalized spacial score (nSPS) is 11.4. The second kappa shape index (κ2) is 7.64. The van der Waals surface area contributed by atoms with Gasteiger partial charge in [0.15, 0.2) is 0 Å². The van der Waals surface area contributed by atoms with Gasteiger partial charge in [0.1, 0.15) is 17.5 Å². The lowest BCUT2D eigenvalue weighted by Gasteiger charge is -2.16. The largest absolute Gasteiger partial charge is 0.497 e. The highest BCUT2D eigenvalue weighted by Gasteiger charge is 2.18. The molecule has 0 aliphatic carbocycles. The lowest BCUT2D eigenvalue weighted by molar-refractivity contribution is -0.117. The first-order valence-corrected chi connectivity index (χ1v) is 7.80. The fourth-order valence-corrected chi connectivity index (χ4v) is 2.51. The number of hydrogen-bond donors (Lipinski definition) is 2. The molecule has 6 nitrogen and oxygen atoms in total. The van der Waals surface area contributed by atoms with Gasteiger partial charge in [-0.15, -0.1) is 11.3 Å². The van der Waals surface area contributed by atoms with Crippen LogP contribution in [0.1, 0.15) is 16.6 Å². The van der Waals surface area contributed by atoms with Crippen LogP contribution in [-0.4, -0.2) is 32.1 Å². The van der Waals surface area contributed by atoms with Crippen LogP contribution < -0.4 is 20.1 Å². The van der Waals surface area contributed by atoms with Crippen LogP contribution in [0.15, 0.2) is 35.7 Å². The van der Waals surface area contributed by atoms with Crippen LogP contribution in [-0.2, 0) is 4.79 Å².